The molecule has 140 valence electrons. The fraction of sp³-hybridized carbons (Fsp3) is 0.750. The number of rotatable bonds is 15. The number of ketones is 1. The Morgan fingerprint density at radius 1 is 1.04 bits per heavy atom. The second-order valence-electron chi connectivity index (χ2n) is 5.11. The first-order valence-electron chi connectivity index (χ1n) is 8.37. The first-order valence-corrected chi connectivity index (χ1v) is 10.3. The summed E-state index contributed by atoms with van der Waals surface area (Å²) in [5.41, 5.74) is 0.357. The second-order valence-corrected chi connectivity index (χ2v) is 7.85. The van der Waals surface area contributed by atoms with Gasteiger partial charge in [-0.05, 0) is 27.7 Å². The average molecular weight is 362 g/mol. The molecular weight excluding hydrogens is 330 g/mol. The van der Waals surface area contributed by atoms with Gasteiger partial charge in [0.15, 0.2) is 0 Å². The van der Waals surface area contributed by atoms with Crippen LogP contribution < -0.4 is 5.32 Å². The van der Waals surface area contributed by atoms with Gasteiger partial charge in [0, 0.05) is 44.4 Å². The van der Waals surface area contributed by atoms with Crippen LogP contribution in [-0.4, -0.2) is 60.1 Å². The van der Waals surface area contributed by atoms with Crippen molar-refractivity contribution < 1.29 is 27.6 Å². The predicted octanol–water partition coefficient (Wildman–Crippen LogP) is 1.70. The van der Waals surface area contributed by atoms with E-state index in [0.29, 0.717) is 44.4 Å². The minimum atomic E-state index is -2.77. The molecular formula is C16H31NO6Si. The zero-order valence-corrected chi connectivity index (χ0v) is 16.3. The largest absolute Gasteiger partial charge is 0.501 e. The Hall–Kier alpha value is -1.06. The van der Waals surface area contributed by atoms with Crippen molar-refractivity contribution in [2.75, 3.05) is 39.5 Å². The second kappa shape index (κ2) is 13.3. The lowest BCUT2D eigenvalue weighted by atomic mass is 10.3. The van der Waals surface area contributed by atoms with Crippen LogP contribution in [0.2, 0.25) is 6.04 Å². The van der Waals surface area contributed by atoms with Crippen molar-refractivity contribution >= 4 is 20.6 Å². The molecule has 0 aliphatic rings. The maximum atomic E-state index is 12.0. The minimum absolute atomic E-state index is 0.0391. The summed E-state index contributed by atoms with van der Waals surface area (Å²) >= 11 is 0. The number of Topliss-reactive ketones (excluding diaryl/α,β-unsaturated/α-hetero) is 1. The maximum absolute atomic E-state index is 12.0. The van der Waals surface area contributed by atoms with Crippen LogP contribution >= 0.6 is 0 Å². The van der Waals surface area contributed by atoms with Crippen LogP contribution in [0, 0.1) is 0 Å². The zero-order valence-electron chi connectivity index (χ0n) is 15.3. The number of esters is 1. The van der Waals surface area contributed by atoms with Crippen molar-refractivity contribution in [2.45, 2.75) is 40.2 Å². The number of ether oxygens (including phenoxy) is 1. The van der Waals surface area contributed by atoms with E-state index in [9.17, 15) is 9.59 Å². The van der Waals surface area contributed by atoms with Crippen LogP contribution in [-0.2, 0) is 27.6 Å². The number of hydrogen-bond donors (Lipinski definition) is 1. The summed E-state index contributed by atoms with van der Waals surface area (Å²) in [6.45, 7) is 13.0. The fourth-order valence-electron chi connectivity index (χ4n) is 1.95. The van der Waals surface area contributed by atoms with Crippen LogP contribution in [0.5, 0.6) is 0 Å². The Kier molecular flexibility index (Phi) is 12.7. The zero-order chi connectivity index (χ0) is 18.4. The summed E-state index contributed by atoms with van der Waals surface area (Å²) in [5.74, 6) is -0.388. The van der Waals surface area contributed by atoms with Gasteiger partial charge in [-0.15, -0.1) is 0 Å². The molecule has 0 saturated heterocycles. The van der Waals surface area contributed by atoms with Crippen LogP contribution in [0.4, 0.5) is 0 Å². The van der Waals surface area contributed by atoms with Crippen LogP contribution in [0.3, 0.4) is 0 Å². The van der Waals surface area contributed by atoms with Gasteiger partial charge < -0.3 is 23.3 Å². The maximum Gasteiger partial charge on any atom is 0.501 e. The lowest BCUT2D eigenvalue weighted by Crippen LogP contribution is -2.46. The minimum Gasteiger partial charge on any atom is -0.461 e. The molecule has 0 aliphatic heterocycles. The summed E-state index contributed by atoms with van der Waals surface area (Å²) in [7, 11) is -2.77. The molecule has 0 saturated carbocycles. The van der Waals surface area contributed by atoms with Crippen LogP contribution in [0.1, 0.15) is 34.1 Å². The fourth-order valence-corrected chi connectivity index (χ4v) is 4.54. The van der Waals surface area contributed by atoms with E-state index in [1.807, 2.05) is 20.8 Å². The van der Waals surface area contributed by atoms with Crippen molar-refractivity contribution in [2.24, 2.45) is 0 Å². The number of nitrogens with one attached hydrogen (secondary N) is 1. The van der Waals surface area contributed by atoms with E-state index in [4.69, 9.17) is 18.0 Å². The standard InChI is InChI=1S/C16H31NO6Si/c1-6-21-24(22-7-2,23-8-3)12-9-15(18)13-17-10-11-20-16(19)14(4)5/h17H,4,6-13H2,1-3,5H3. The number of carbonyl (C=O) groups is 2. The molecule has 0 rings (SSSR count). The average Bonchev–Trinajstić information content (AvgIpc) is 2.53. The molecule has 0 aromatic heterocycles. The van der Waals surface area contributed by atoms with E-state index in [0.717, 1.165) is 0 Å². The smallest absolute Gasteiger partial charge is 0.461 e. The molecule has 0 aliphatic carbocycles. The third kappa shape index (κ3) is 9.94. The molecule has 1 N–H and O–H groups in total. The third-order valence-electron chi connectivity index (χ3n) is 2.99. The molecule has 0 aromatic rings. The summed E-state index contributed by atoms with van der Waals surface area (Å²) in [4.78, 5) is 23.2. The lowest BCUT2D eigenvalue weighted by Gasteiger charge is -2.28. The first kappa shape index (κ1) is 22.9. The first-order chi connectivity index (χ1) is 11.4. The summed E-state index contributed by atoms with van der Waals surface area (Å²) < 4.78 is 22.1. The van der Waals surface area contributed by atoms with Crippen LogP contribution in [0.15, 0.2) is 12.2 Å². The topological polar surface area (TPSA) is 83.1 Å². The summed E-state index contributed by atoms with van der Waals surface area (Å²) in [6.07, 6.45) is 0.324. The summed E-state index contributed by atoms with van der Waals surface area (Å²) in [5, 5.41) is 2.95. The van der Waals surface area contributed by atoms with E-state index in [2.05, 4.69) is 11.9 Å². The van der Waals surface area contributed by atoms with Gasteiger partial charge >= 0.3 is 14.8 Å². The Balaban J connectivity index is 4.11. The van der Waals surface area contributed by atoms with Gasteiger partial charge in [-0.1, -0.05) is 6.58 Å². The number of carbonyl (C=O) groups excluding carboxylic acids is 2. The van der Waals surface area contributed by atoms with Crippen molar-refractivity contribution in [3.8, 4) is 0 Å². The molecule has 0 heterocycles. The van der Waals surface area contributed by atoms with Gasteiger partial charge in [0.05, 0.1) is 6.54 Å². The van der Waals surface area contributed by atoms with Crippen molar-refractivity contribution in [3.05, 3.63) is 12.2 Å². The highest BCUT2D eigenvalue weighted by Gasteiger charge is 2.40. The van der Waals surface area contributed by atoms with Crippen molar-refractivity contribution in [3.63, 3.8) is 0 Å². The third-order valence-corrected chi connectivity index (χ3v) is 6.03. The van der Waals surface area contributed by atoms with Crippen LogP contribution in [0.25, 0.3) is 0 Å². The van der Waals surface area contributed by atoms with Gasteiger partial charge in [-0.2, -0.15) is 0 Å². The van der Waals surface area contributed by atoms with Gasteiger partial charge in [0.25, 0.3) is 0 Å². The van der Waals surface area contributed by atoms with E-state index < -0.39 is 14.8 Å². The van der Waals surface area contributed by atoms with Crippen molar-refractivity contribution in [1.82, 2.24) is 5.32 Å². The Bertz CT molecular complexity index is 385. The molecule has 0 amide bonds. The van der Waals surface area contributed by atoms with Gasteiger partial charge in [-0.25, -0.2) is 4.79 Å². The lowest BCUT2D eigenvalue weighted by molar-refractivity contribution is -0.138. The molecule has 7 nitrogen and oxygen atoms in total. The predicted molar refractivity (Wildman–Crippen MR) is 93.7 cm³/mol. The molecule has 0 fully saturated rings. The Morgan fingerprint density at radius 3 is 2.04 bits per heavy atom. The highest BCUT2D eigenvalue weighted by Crippen LogP contribution is 2.18. The molecule has 0 radical (unpaired) electrons. The molecule has 8 heteroatoms. The van der Waals surface area contributed by atoms with Crippen molar-refractivity contribution in [1.29, 1.82) is 0 Å². The highest BCUT2D eigenvalue weighted by atomic mass is 28.4. The molecule has 0 spiro atoms. The van der Waals surface area contributed by atoms with Gasteiger partial charge in [-0.3, -0.25) is 4.79 Å². The molecule has 0 atom stereocenters. The normalized spacial score (nSPS) is 11.3. The molecule has 0 aromatic carbocycles. The van der Waals surface area contributed by atoms with E-state index in [-0.39, 0.29) is 18.9 Å². The van der Waals surface area contributed by atoms with E-state index in [1.54, 1.807) is 6.92 Å². The highest BCUT2D eigenvalue weighted by molar-refractivity contribution is 6.61. The quantitative estimate of drug-likeness (QED) is 0.206. The van der Waals surface area contributed by atoms with E-state index >= 15 is 0 Å². The van der Waals surface area contributed by atoms with Gasteiger partial charge in [0.1, 0.15) is 12.4 Å². The van der Waals surface area contributed by atoms with Gasteiger partial charge in [0.2, 0.25) is 0 Å². The number of hydrogen-bond acceptors (Lipinski definition) is 7. The monoisotopic (exact) mass is 361 g/mol. The molecule has 0 unspecified atom stereocenters. The molecule has 24 heavy (non-hydrogen) atoms. The Morgan fingerprint density at radius 2 is 1.58 bits per heavy atom. The SMILES string of the molecule is C=C(C)C(=O)OCCNCC(=O)CC[Si](OCC)(OCC)OCC. The van der Waals surface area contributed by atoms with E-state index in [1.165, 1.54) is 0 Å². The summed E-state index contributed by atoms with van der Waals surface area (Å²) in [6, 6.07) is 0.466. The molecule has 0 bridgehead atoms. The Labute approximate surface area is 146 Å².